The Morgan fingerprint density at radius 1 is 1.25 bits per heavy atom. The van der Waals surface area contributed by atoms with Gasteiger partial charge in [0, 0.05) is 14.2 Å². The van der Waals surface area contributed by atoms with Crippen LogP contribution in [0.5, 0.6) is 0 Å². The molecule has 0 heterocycles. The van der Waals surface area contributed by atoms with Crippen molar-refractivity contribution in [3.8, 4) is 0 Å². The molecule has 0 rings (SSSR count). The van der Waals surface area contributed by atoms with E-state index < -0.39 is 17.4 Å². The van der Waals surface area contributed by atoms with Crippen LogP contribution in [0, 0.1) is 0 Å². The Labute approximate surface area is 83.9 Å². The summed E-state index contributed by atoms with van der Waals surface area (Å²) in [7, 11) is 0.946. The van der Waals surface area contributed by atoms with Gasteiger partial charge in [0.05, 0.1) is 8.07 Å². The van der Waals surface area contributed by atoms with Crippen molar-refractivity contribution >= 4 is 30.0 Å². The van der Waals surface area contributed by atoms with Crippen LogP contribution in [-0.4, -0.2) is 36.5 Å². The molecule has 0 amide bonds. The van der Waals surface area contributed by atoms with E-state index in [-0.39, 0.29) is 0 Å². The second-order valence-corrected chi connectivity index (χ2v) is 12.8. The Hall–Kier alpha value is 0.704. The van der Waals surface area contributed by atoms with Gasteiger partial charge in [0.1, 0.15) is 0 Å². The molecule has 0 unspecified atom stereocenters. The molecule has 0 saturated heterocycles. The fourth-order valence-corrected chi connectivity index (χ4v) is 5.69. The van der Waals surface area contributed by atoms with Crippen LogP contribution >= 0.6 is 12.6 Å². The van der Waals surface area contributed by atoms with Gasteiger partial charge in [0.2, 0.25) is 0 Å². The quantitative estimate of drug-likeness (QED) is 0.566. The highest BCUT2D eigenvalue weighted by atomic mass is 32.1. The van der Waals surface area contributed by atoms with Crippen molar-refractivity contribution in [3.05, 3.63) is 0 Å². The standard InChI is InChI=1S/C7H20O2SSi2/c1-8-11(9-2)6-7(10)12(3,4)5/h7,10-11H,6H2,1-5H3/t7-/m1/s1. The Morgan fingerprint density at radius 2 is 1.67 bits per heavy atom. The third-order valence-corrected chi connectivity index (χ3v) is 9.49. The lowest BCUT2D eigenvalue weighted by molar-refractivity contribution is 0.278. The first-order valence-corrected chi connectivity index (χ1v) is 10.0. The Bertz CT molecular complexity index is 123. The summed E-state index contributed by atoms with van der Waals surface area (Å²) < 4.78 is 10.5. The van der Waals surface area contributed by atoms with Crippen molar-refractivity contribution in [2.24, 2.45) is 0 Å². The molecule has 0 aliphatic heterocycles. The van der Waals surface area contributed by atoms with E-state index in [1.807, 2.05) is 0 Å². The molecular weight excluding hydrogens is 204 g/mol. The van der Waals surface area contributed by atoms with Gasteiger partial charge in [-0.1, -0.05) is 19.6 Å². The van der Waals surface area contributed by atoms with Crippen LogP contribution in [0.15, 0.2) is 0 Å². The number of rotatable bonds is 5. The predicted octanol–water partition coefficient (Wildman–Crippen LogP) is 1.68. The Morgan fingerprint density at radius 3 is 1.92 bits per heavy atom. The van der Waals surface area contributed by atoms with E-state index in [1.165, 1.54) is 0 Å². The summed E-state index contributed by atoms with van der Waals surface area (Å²) in [4.78, 5) is 0.495. The van der Waals surface area contributed by atoms with Gasteiger partial charge in [-0.05, 0) is 10.9 Å². The van der Waals surface area contributed by atoms with Gasteiger partial charge in [-0.25, -0.2) is 0 Å². The Balaban J connectivity index is 3.90. The number of thiol groups is 1. The lowest BCUT2D eigenvalue weighted by Crippen LogP contribution is -2.38. The van der Waals surface area contributed by atoms with E-state index >= 15 is 0 Å². The Kier molecular flexibility index (Phi) is 5.76. The number of hydrogen-bond acceptors (Lipinski definition) is 3. The fraction of sp³-hybridized carbons (Fsp3) is 1.00. The summed E-state index contributed by atoms with van der Waals surface area (Å²) in [6, 6.07) is 1.02. The van der Waals surface area contributed by atoms with E-state index in [2.05, 4.69) is 32.3 Å². The minimum atomic E-state index is -1.39. The van der Waals surface area contributed by atoms with Crippen LogP contribution < -0.4 is 0 Å². The molecule has 0 aromatic heterocycles. The molecule has 0 bridgehead atoms. The van der Waals surface area contributed by atoms with E-state index in [1.54, 1.807) is 14.2 Å². The third-order valence-electron chi connectivity index (χ3n) is 1.94. The van der Waals surface area contributed by atoms with Gasteiger partial charge in [-0.15, -0.1) is 0 Å². The molecule has 1 atom stereocenters. The van der Waals surface area contributed by atoms with Crippen molar-refractivity contribution in [3.63, 3.8) is 0 Å². The van der Waals surface area contributed by atoms with Gasteiger partial charge in [-0.2, -0.15) is 12.6 Å². The molecule has 0 radical (unpaired) electrons. The van der Waals surface area contributed by atoms with Gasteiger partial charge >= 0.3 is 9.28 Å². The normalized spacial score (nSPS) is 15.2. The van der Waals surface area contributed by atoms with E-state index in [9.17, 15) is 0 Å². The molecule has 0 aliphatic carbocycles. The van der Waals surface area contributed by atoms with Crippen LogP contribution in [-0.2, 0) is 8.85 Å². The largest absolute Gasteiger partial charge is 0.400 e. The van der Waals surface area contributed by atoms with E-state index in [0.29, 0.717) is 4.87 Å². The summed E-state index contributed by atoms with van der Waals surface area (Å²) in [6.07, 6.45) is 0. The molecule has 5 heteroatoms. The molecule has 0 aromatic rings. The molecule has 0 fully saturated rings. The van der Waals surface area contributed by atoms with Crippen LogP contribution in [0.3, 0.4) is 0 Å². The minimum Gasteiger partial charge on any atom is -0.400 e. The van der Waals surface area contributed by atoms with Crippen LogP contribution in [0.1, 0.15) is 0 Å². The summed E-state index contributed by atoms with van der Waals surface area (Å²) >= 11 is 4.59. The van der Waals surface area contributed by atoms with Gasteiger partial charge in [0.25, 0.3) is 0 Å². The highest BCUT2D eigenvalue weighted by Crippen LogP contribution is 2.19. The molecule has 0 aromatic carbocycles. The van der Waals surface area contributed by atoms with Gasteiger partial charge in [-0.3, -0.25) is 0 Å². The molecule has 2 nitrogen and oxygen atoms in total. The lowest BCUT2D eigenvalue weighted by Gasteiger charge is -2.26. The molecule has 74 valence electrons. The smallest absolute Gasteiger partial charge is 0.321 e. The van der Waals surface area contributed by atoms with Crippen molar-refractivity contribution in [2.75, 3.05) is 14.2 Å². The van der Waals surface area contributed by atoms with Gasteiger partial charge < -0.3 is 8.85 Å². The summed E-state index contributed by atoms with van der Waals surface area (Å²) in [6.45, 7) is 6.96. The second-order valence-electron chi connectivity index (χ2n) is 4.02. The van der Waals surface area contributed by atoms with Crippen LogP contribution in [0.2, 0.25) is 25.7 Å². The minimum absolute atomic E-state index is 0.495. The first kappa shape index (κ1) is 12.7. The maximum atomic E-state index is 5.26. The molecule has 0 N–H and O–H groups in total. The van der Waals surface area contributed by atoms with Crippen molar-refractivity contribution < 1.29 is 8.85 Å². The van der Waals surface area contributed by atoms with Crippen LogP contribution in [0.4, 0.5) is 0 Å². The first-order chi connectivity index (χ1) is 5.41. The second kappa shape index (κ2) is 5.44. The topological polar surface area (TPSA) is 18.5 Å². The molecule has 0 spiro atoms. The fourth-order valence-electron chi connectivity index (χ4n) is 0.825. The summed E-state index contributed by atoms with van der Waals surface area (Å²) in [5.74, 6) is 0. The molecule has 0 aliphatic rings. The van der Waals surface area contributed by atoms with Crippen molar-refractivity contribution in [2.45, 2.75) is 30.6 Å². The molecule has 0 saturated carbocycles. The molecular formula is C7H20O2SSi2. The monoisotopic (exact) mass is 224 g/mol. The number of hydrogen-bond donors (Lipinski definition) is 1. The predicted molar refractivity (Wildman–Crippen MR) is 62.1 cm³/mol. The van der Waals surface area contributed by atoms with E-state index in [4.69, 9.17) is 8.85 Å². The summed E-state index contributed by atoms with van der Waals surface area (Å²) in [5, 5.41) is 0. The highest BCUT2D eigenvalue weighted by molar-refractivity contribution is 7.83. The van der Waals surface area contributed by atoms with E-state index in [0.717, 1.165) is 6.04 Å². The summed E-state index contributed by atoms with van der Waals surface area (Å²) in [5.41, 5.74) is 0. The lowest BCUT2D eigenvalue weighted by atomic mass is 10.9. The van der Waals surface area contributed by atoms with Gasteiger partial charge in [0.15, 0.2) is 0 Å². The maximum Gasteiger partial charge on any atom is 0.321 e. The maximum absolute atomic E-state index is 5.26. The van der Waals surface area contributed by atoms with Crippen molar-refractivity contribution in [1.29, 1.82) is 0 Å². The average Bonchev–Trinajstić information content (AvgIpc) is 1.97. The highest BCUT2D eigenvalue weighted by Gasteiger charge is 2.27. The van der Waals surface area contributed by atoms with Crippen LogP contribution in [0.25, 0.3) is 0 Å². The van der Waals surface area contributed by atoms with Crippen molar-refractivity contribution in [1.82, 2.24) is 0 Å². The first-order valence-electron chi connectivity index (χ1n) is 4.15. The molecule has 12 heavy (non-hydrogen) atoms. The zero-order valence-corrected chi connectivity index (χ0v) is 11.7. The zero-order chi connectivity index (χ0) is 9.78. The third kappa shape index (κ3) is 4.66. The average molecular weight is 224 g/mol. The SMILES string of the molecule is CO[SiH](C[C@H](S)[Si](C)(C)C)OC. The zero-order valence-electron chi connectivity index (χ0n) is 8.63.